The van der Waals surface area contributed by atoms with Crippen molar-refractivity contribution in [3.05, 3.63) is 56.7 Å². The van der Waals surface area contributed by atoms with Gasteiger partial charge in [0.25, 0.3) is 0 Å². The molecule has 1 heterocycles. The Labute approximate surface area is 120 Å². The Kier molecular flexibility index (Phi) is 4.95. The standard InChI is InChI=1S/C14H16BrNOS/c1-10(11-5-2-3-6-12(11)15)16-9-13(17)14-7-4-8-18-14/h2-8,10,13,16-17H,9H2,1H3/t10-,13?/m1/s1. The minimum absolute atomic E-state index is 0.204. The molecule has 0 aliphatic heterocycles. The Morgan fingerprint density at radius 3 is 2.72 bits per heavy atom. The predicted octanol–water partition coefficient (Wildman–Crippen LogP) is 3.89. The zero-order chi connectivity index (χ0) is 13.0. The van der Waals surface area contributed by atoms with Gasteiger partial charge in [0.1, 0.15) is 6.10 Å². The van der Waals surface area contributed by atoms with Crippen LogP contribution in [0.3, 0.4) is 0 Å². The number of thiophene rings is 1. The van der Waals surface area contributed by atoms with E-state index in [1.165, 1.54) is 5.56 Å². The molecule has 0 aliphatic carbocycles. The van der Waals surface area contributed by atoms with Crippen molar-refractivity contribution in [2.75, 3.05) is 6.54 Å². The zero-order valence-corrected chi connectivity index (χ0v) is 12.5. The fraction of sp³-hybridized carbons (Fsp3) is 0.286. The van der Waals surface area contributed by atoms with Crippen molar-refractivity contribution in [2.45, 2.75) is 19.1 Å². The largest absolute Gasteiger partial charge is 0.386 e. The van der Waals surface area contributed by atoms with Crippen LogP contribution in [0.15, 0.2) is 46.3 Å². The van der Waals surface area contributed by atoms with Crippen molar-refractivity contribution in [3.8, 4) is 0 Å². The molecule has 18 heavy (non-hydrogen) atoms. The number of aliphatic hydroxyl groups is 1. The summed E-state index contributed by atoms with van der Waals surface area (Å²) in [6, 6.07) is 12.3. The molecule has 96 valence electrons. The molecule has 2 N–H and O–H groups in total. The van der Waals surface area contributed by atoms with Gasteiger partial charge in [-0.3, -0.25) is 0 Å². The van der Waals surface area contributed by atoms with Crippen molar-refractivity contribution in [2.24, 2.45) is 0 Å². The molecule has 0 saturated carbocycles. The predicted molar refractivity (Wildman–Crippen MR) is 79.8 cm³/mol. The van der Waals surface area contributed by atoms with Gasteiger partial charge in [0.05, 0.1) is 0 Å². The van der Waals surface area contributed by atoms with E-state index >= 15 is 0 Å². The first-order valence-electron chi connectivity index (χ1n) is 5.87. The van der Waals surface area contributed by atoms with Crippen LogP contribution in [-0.4, -0.2) is 11.7 Å². The Hall–Kier alpha value is -0.680. The van der Waals surface area contributed by atoms with E-state index in [9.17, 15) is 5.11 Å². The van der Waals surface area contributed by atoms with E-state index in [1.807, 2.05) is 35.7 Å². The maximum Gasteiger partial charge on any atom is 0.101 e. The second-order valence-corrected chi connectivity index (χ2v) is 6.02. The first kappa shape index (κ1) is 13.7. The van der Waals surface area contributed by atoms with Crippen molar-refractivity contribution in [3.63, 3.8) is 0 Å². The summed E-state index contributed by atoms with van der Waals surface area (Å²) >= 11 is 5.12. The Bertz CT molecular complexity index is 486. The molecule has 4 heteroatoms. The third kappa shape index (κ3) is 3.42. The summed E-state index contributed by atoms with van der Waals surface area (Å²) in [6.45, 7) is 2.66. The highest BCUT2D eigenvalue weighted by Crippen LogP contribution is 2.24. The molecule has 1 unspecified atom stereocenters. The van der Waals surface area contributed by atoms with E-state index in [4.69, 9.17) is 0 Å². The van der Waals surface area contributed by atoms with Crippen LogP contribution in [0, 0.1) is 0 Å². The van der Waals surface area contributed by atoms with E-state index in [-0.39, 0.29) is 6.04 Å². The van der Waals surface area contributed by atoms with Gasteiger partial charge in [-0.15, -0.1) is 11.3 Å². The van der Waals surface area contributed by atoms with Gasteiger partial charge in [-0.2, -0.15) is 0 Å². The monoisotopic (exact) mass is 325 g/mol. The Morgan fingerprint density at radius 1 is 1.28 bits per heavy atom. The lowest BCUT2D eigenvalue weighted by Gasteiger charge is -2.18. The Morgan fingerprint density at radius 2 is 2.06 bits per heavy atom. The second kappa shape index (κ2) is 6.48. The molecule has 0 radical (unpaired) electrons. The average Bonchev–Trinajstić information content (AvgIpc) is 2.90. The van der Waals surface area contributed by atoms with Crippen LogP contribution in [0.1, 0.15) is 29.5 Å². The normalized spacial score (nSPS) is 14.4. The van der Waals surface area contributed by atoms with E-state index < -0.39 is 6.10 Å². The SMILES string of the molecule is C[C@@H](NCC(O)c1cccs1)c1ccccc1Br. The van der Waals surface area contributed by atoms with Crippen LogP contribution in [0.5, 0.6) is 0 Å². The second-order valence-electron chi connectivity index (χ2n) is 4.18. The molecule has 0 amide bonds. The highest BCUT2D eigenvalue weighted by Gasteiger charge is 2.12. The molecule has 2 nitrogen and oxygen atoms in total. The summed E-state index contributed by atoms with van der Waals surface area (Å²) in [5.74, 6) is 0. The van der Waals surface area contributed by atoms with Crippen LogP contribution in [0.25, 0.3) is 0 Å². The number of nitrogens with one attached hydrogen (secondary N) is 1. The third-order valence-electron chi connectivity index (χ3n) is 2.86. The molecule has 1 aromatic carbocycles. The molecule has 2 rings (SSSR count). The smallest absolute Gasteiger partial charge is 0.101 e. The lowest BCUT2D eigenvalue weighted by molar-refractivity contribution is 0.174. The Balaban J connectivity index is 1.93. The number of benzene rings is 1. The maximum absolute atomic E-state index is 10.0. The van der Waals surface area contributed by atoms with Crippen molar-refractivity contribution < 1.29 is 5.11 Å². The molecule has 0 bridgehead atoms. The number of aliphatic hydroxyl groups excluding tert-OH is 1. The van der Waals surface area contributed by atoms with Gasteiger partial charge in [-0.05, 0) is 30.0 Å². The maximum atomic E-state index is 10.0. The molecule has 2 atom stereocenters. The minimum Gasteiger partial charge on any atom is -0.386 e. The molecular formula is C14H16BrNOS. The van der Waals surface area contributed by atoms with Gasteiger partial charge in [0.15, 0.2) is 0 Å². The van der Waals surface area contributed by atoms with Gasteiger partial charge >= 0.3 is 0 Å². The van der Waals surface area contributed by atoms with Gasteiger partial charge in [-0.1, -0.05) is 40.2 Å². The summed E-state index contributed by atoms with van der Waals surface area (Å²) in [6.07, 6.45) is -0.435. The quantitative estimate of drug-likeness (QED) is 0.873. The van der Waals surface area contributed by atoms with E-state index in [0.29, 0.717) is 6.54 Å². The highest BCUT2D eigenvalue weighted by molar-refractivity contribution is 9.10. The molecule has 2 aromatic rings. The number of hydrogen-bond donors (Lipinski definition) is 2. The average molecular weight is 326 g/mol. The van der Waals surface area contributed by atoms with Crippen LogP contribution in [0.4, 0.5) is 0 Å². The minimum atomic E-state index is -0.435. The molecular weight excluding hydrogens is 310 g/mol. The molecule has 0 aliphatic rings. The van der Waals surface area contributed by atoms with Gasteiger partial charge < -0.3 is 10.4 Å². The molecule has 0 spiro atoms. The summed E-state index contributed by atoms with van der Waals surface area (Å²) in [5.41, 5.74) is 1.20. The van der Waals surface area contributed by atoms with Crippen LogP contribution >= 0.6 is 27.3 Å². The summed E-state index contributed by atoms with van der Waals surface area (Å²) in [7, 11) is 0. The van der Waals surface area contributed by atoms with Crippen molar-refractivity contribution in [1.29, 1.82) is 0 Å². The van der Waals surface area contributed by atoms with Crippen molar-refractivity contribution in [1.82, 2.24) is 5.32 Å². The fourth-order valence-electron chi connectivity index (χ4n) is 1.81. The van der Waals surface area contributed by atoms with Gasteiger partial charge in [0.2, 0.25) is 0 Å². The number of halogens is 1. The van der Waals surface area contributed by atoms with Gasteiger partial charge in [0, 0.05) is 21.9 Å². The first-order chi connectivity index (χ1) is 8.68. The number of hydrogen-bond acceptors (Lipinski definition) is 3. The highest BCUT2D eigenvalue weighted by atomic mass is 79.9. The lowest BCUT2D eigenvalue weighted by Crippen LogP contribution is -2.24. The third-order valence-corrected chi connectivity index (χ3v) is 4.56. The topological polar surface area (TPSA) is 32.3 Å². The molecule has 1 aromatic heterocycles. The van der Waals surface area contributed by atoms with Crippen LogP contribution in [0.2, 0.25) is 0 Å². The summed E-state index contributed by atoms with van der Waals surface area (Å²) < 4.78 is 1.09. The molecule has 0 saturated heterocycles. The summed E-state index contributed by atoms with van der Waals surface area (Å²) in [4.78, 5) is 1.00. The molecule has 0 fully saturated rings. The first-order valence-corrected chi connectivity index (χ1v) is 7.55. The van der Waals surface area contributed by atoms with Crippen molar-refractivity contribution >= 4 is 27.3 Å². The summed E-state index contributed by atoms with van der Waals surface area (Å²) in [5, 5.41) is 15.3. The van der Waals surface area contributed by atoms with Crippen LogP contribution in [-0.2, 0) is 0 Å². The zero-order valence-electron chi connectivity index (χ0n) is 10.1. The van der Waals surface area contributed by atoms with E-state index in [1.54, 1.807) is 11.3 Å². The van der Waals surface area contributed by atoms with Crippen LogP contribution < -0.4 is 5.32 Å². The lowest BCUT2D eigenvalue weighted by atomic mass is 10.1. The number of rotatable bonds is 5. The van der Waals surface area contributed by atoms with E-state index in [2.05, 4.69) is 34.2 Å². The fourth-order valence-corrected chi connectivity index (χ4v) is 3.15. The van der Waals surface area contributed by atoms with E-state index in [0.717, 1.165) is 9.35 Å². The van der Waals surface area contributed by atoms with Gasteiger partial charge in [-0.25, -0.2) is 0 Å².